The van der Waals surface area contributed by atoms with Gasteiger partial charge >= 0.3 is 6.03 Å². The summed E-state index contributed by atoms with van der Waals surface area (Å²) >= 11 is 0. The number of anilines is 1. The van der Waals surface area contributed by atoms with Crippen LogP contribution in [-0.2, 0) is 0 Å². The van der Waals surface area contributed by atoms with Crippen LogP contribution in [0.1, 0.15) is 45.4 Å². The summed E-state index contributed by atoms with van der Waals surface area (Å²) in [5.41, 5.74) is 0.933. The van der Waals surface area contributed by atoms with E-state index in [9.17, 15) is 4.79 Å². The number of nitrogens with one attached hydrogen (secondary N) is 1. The predicted octanol–water partition coefficient (Wildman–Crippen LogP) is 3.04. The van der Waals surface area contributed by atoms with Crippen molar-refractivity contribution in [2.24, 2.45) is 0 Å². The fraction of sp³-hybridized carbons (Fsp3) is 0.696. The van der Waals surface area contributed by atoms with E-state index >= 15 is 0 Å². The molecule has 1 unspecified atom stereocenters. The van der Waals surface area contributed by atoms with Gasteiger partial charge in [-0.05, 0) is 31.4 Å². The molecule has 2 amide bonds. The molecule has 3 aliphatic heterocycles. The van der Waals surface area contributed by atoms with Crippen molar-refractivity contribution in [3.63, 3.8) is 0 Å². The number of hydrogen-bond acceptors (Lipinski definition) is 5. The van der Waals surface area contributed by atoms with Gasteiger partial charge in [0.25, 0.3) is 0 Å². The quantitative estimate of drug-likeness (QED) is 0.821. The Balaban J connectivity index is 1.33. The minimum Gasteiger partial charge on any atom is -0.486 e. The summed E-state index contributed by atoms with van der Waals surface area (Å²) in [5, 5.41) is 3.19. The molecule has 1 saturated carbocycles. The standard InChI is InChI=1S/C23H34N4O3/c1-2-23(17-24-22(28)27(23)18-7-4-3-5-8-18)26-13-11-25(12-14-26)19-9-6-10-20-21(19)30-16-15-29-20/h6,9-10,18H,2-5,7-8,11-17H2,1H3,(H,24,28). The monoisotopic (exact) mass is 414 g/mol. The van der Waals surface area contributed by atoms with E-state index in [4.69, 9.17) is 9.47 Å². The molecule has 0 spiro atoms. The zero-order chi connectivity index (χ0) is 20.6. The van der Waals surface area contributed by atoms with Crippen molar-refractivity contribution in [3.05, 3.63) is 18.2 Å². The number of urea groups is 1. The highest BCUT2D eigenvalue weighted by atomic mass is 16.6. The topological polar surface area (TPSA) is 57.3 Å². The fourth-order valence-electron chi connectivity index (χ4n) is 5.88. The molecule has 1 atom stereocenters. The molecule has 5 rings (SSSR count). The van der Waals surface area contributed by atoms with Crippen molar-refractivity contribution in [1.82, 2.24) is 15.1 Å². The number of nitrogens with zero attached hydrogens (tertiary/aromatic N) is 3. The maximum absolute atomic E-state index is 12.9. The van der Waals surface area contributed by atoms with Crippen LogP contribution in [0.25, 0.3) is 0 Å². The molecule has 3 fully saturated rings. The minimum atomic E-state index is -0.194. The summed E-state index contributed by atoms with van der Waals surface area (Å²) in [5.74, 6) is 1.73. The normalized spacial score (nSPS) is 28.0. The van der Waals surface area contributed by atoms with Gasteiger partial charge in [-0.25, -0.2) is 4.79 Å². The van der Waals surface area contributed by atoms with Crippen LogP contribution in [0.5, 0.6) is 11.5 Å². The number of carbonyl (C=O) groups excluding carboxylic acids is 1. The lowest BCUT2D eigenvalue weighted by Crippen LogP contribution is -2.66. The Labute approximate surface area is 179 Å². The van der Waals surface area contributed by atoms with Gasteiger partial charge in [0.2, 0.25) is 0 Å². The average Bonchev–Trinajstić information content (AvgIpc) is 3.16. The first-order valence-electron chi connectivity index (χ1n) is 11.7. The first-order chi connectivity index (χ1) is 14.7. The van der Waals surface area contributed by atoms with Crippen LogP contribution in [0.4, 0.5) is 10.5 Å². The van der Waals surface area contributed by atoms with E-state index in [1.54, 1.807) is 0 Å². The highest BCUT2D eigenvalue weighted by molar-refractivity contribution is 5.78. The largest absolute Gasteiger partial charge is 0.486 e. The van der Waals surface area contributed by atoms with Gasteiger partial charge in [0, 0.05) is 32.2 Å². The van der Waals surface area contributed by atoms with Crippen LogP contribution < -0.4 is 19.7 Å². The highest BCUT2D eigenvalue weighted by Gasteiger charge is 2.51. The van der Waals surface area contributed by atoms with E-state index in [2.05, 4.69) is 33.0 Å². The Morgan fingerprint density at radius 1 is 1.07 bits per heavy atom. The molecule has 0 radical (unpaired) electrons. The summed E-state index contributed by atoms with van der Waals surface area (Å²) < 4.78 is 11.7. The predicted molar refractivity (Wildman–Crippen MR) is 116 cm³/mol. The fourth-order valence-corrected chi connectivity index (χ4v) is 5.88. The molecule has 1 aromatic carbocycles. The third kappa shape index (κ3) is 3.27. The van der Waals surface area contributed by atoms with Gasteiger partial charge in [-0.3, -0.25) is 4.90 Å². The number of hydrogen-bond donors (Lipinski definition) is 1. The molecule has 30 heavy (non-hydrogen) atoms. The van der Waals surface area contributed by atoms with Crippen molar-refractivity contribution in [2.75, 3.05) is 50.8 Å². The number of piperazine rings is 1. The molecule has 4 aliphatic rings. The first kappa shape index (κ1) is 19.8. The Morgan fingerprint density at radius 3 is 2.60 bits per heavy atom. The van der Waals surface area contributed by atoms with Crippen LogP contribution in [0.3, 0.4) is 0 Å². The lowest BCUT2D eigenvalue weighted by molar-refractivity contribution is -0.0390. The van der Waals surface area contributed by atoms with Crippen molar-refractivity contribution < 1.29 is 14.3 Å². The number of amides is 2. The van der Waals surface area contributed by atoms with Crippen molar-refractivity contribution in [3.8, 4) is 11.5 Å². The molecule has 0 bridgehead atoms. The lowest BCUT2D eigenvalue weighted by atomic mass is 9.91. The van der Waals surface area contributed by atoms with Crippen LogP contribution in [0.2, 0.25) is 0 Å². The minimum absolute atomic E-state index is 0.133. The Morgan fingerprint density at radius 2 is 1.83 bits per heavy atom. The maximum Gasteiger partial charge on any atom is 0.319 e. The number of rotatable bonds is 4. The molecule has 2 saturated heterocycles. The van der Waals surface area contributed by atoms with Gasteiger partial charge in [-0.1, -0.05) is 32.3 Å². The highest BCUT2D eigenvalue weighted by Crippen LogP contribution is 2.41. The van der Waals surface area contributed by atoms with E-state index in [1.807, 2.05) is 12.1 Å². The summed E-state index contributed by atoms with van der Waals surface area (Å²) in [6.07, 6.45) is 7.02. The molecule has 7 heteroatoms. The molecule has 164 valence electrons. The third-order valence-corrected chi connectivity index (χ3v) is 7.45. The summed E-state index contributed by atoms with van der Waals surface area (Å²) in [6, 6.07) is 6.68. The Bertz CT molecular complexity index is 774. The Hall–Kier alpha value is -2.15. The Kier molecular flexibility index (Phi) is 5.39. The van der Waals surface area contributed by atoms with Gasteiger partial charge in [-0.2, -0.15) is 0 Å². The SMILES string of the molecule is CCC1(N2CCN(c3cccc4c3OCCO4)CC2)CNC(=O)N1C1CCCCC1. The third-order valence-electron chi connectivity index (χ3n) is 7.45. The molecule has 1 N–H and O–H groups in total. The molecular formula is C23H34N4O3. The van der Waals surface area contributed by atoms with Crippen LogP contribution in [-0.4, -0.2) is 73.5 Å². The van der Waals surface area contributed by atoms with Crippen LogP contribution in [0, 0.1) is 0 Å². The van der Waals surface area contributed by atoms with Gasteiger partial charge in [0.15, 0.2) is 11.5 Å². The molecule has 3 heterocycles. The van der Waals surface area contributed by atoms with E-state index < -0.39 is 0 Å². The summed E-state index contributed by atoms with van der Waals surface area (Å²) in [7, 11) is 0. The van der Waals surface area contributed by atoms with Crippen LogP contribution in [0.15, 0.2) is 18.2 Å². The zero-order valence-corrected chi connectivity index (χ0v) is 18.1. The lowest BCUT2D eigenvalue weighted by Gasteiger charge is -2.51. The number of para-hydroxylation sites is 1. The van der Waals surface area contributed by atoms with Crippen molar-refractivity contribution >= 4 is 11.7 Å². The first-order valence-corrected chi connectivity index (χ1v) is 11.7. The average molecular weight is 415 g/mol. The van der Waals surface area contributed by atoms with Crippen molar-refractivity contribution in [1.29, 1.82) is 0 Å². The molecule has 0 aromatic heterocycles. The molecule has 1 aromatic rings. The van der Waals surface area contributed by atoms with Gasteiger partial charge in [0.1, 0.15) is 18.9 Å². The van der Waals surface area contributed by atoms with E-state index in [0.29, 0.717) is 19.3 Å². The van der Waals surface area contributed by atoms with E-state index in [-0.39, 0.29) is 11.7 Å². The summed E-state index contributed by atoms with van der Waals surface area (Å²) in [6.45, 7) is 7.92. The van der Waals surface area contributed by atoms with Gasteiger partial charge < -0.3 is 24.6 Å². The van der Waals surface area contributed by atoms with Crippen molar-refractivity contribution in [2.45, 2.75) is 57.2 Å². The molecule has 1 aliphatic carbocycles. The van der Waals surface area contributed by atoms with E-state index in [0.717, 1.165) is 69.2 Å². The zero-order valence-electron chi connectivity index (χ0n) is 18.1. The van der Waals surface area contributed by atoms with E-state index in [1.165, 1.54) is 19.3 Å². The number of fused-ring (bicyclic) bond motifs is 1. The second-order valence-corrected chi connectivity index (χ2v) is 8.93. The second-order valence-electron chi connectivity index (χ2n) is 8.93. The van der Waals surface area contributed by atoms with Gasteiger partial charge in [0.05, 0.1) is 12.2 Å². The smallest absolute Gasteiger partial charge is 0.319 e. The molecular weight excluding hydrogens is 380 g/mol. The van der Waals surface area contributed by atoms with Crippen LogP contribution >= 0.6 is 0 Å². The second kappa shape index (κ2) is 8.17. The molecule has 7 nitrogen and oxygen atoms in total. The number of benzene rings is 1. The number of ether oxygens (including phenoxy) is 2. The summed E-state index contributed by atoms with van der Waals surface area (Å²) in [4.78, 5) is 20.1. The number of carbonyl (C=O) groups is 1. The maximum atomic E-state index is 12.9. The van der Waals surface area contributed by atoms with Gasteiger partial charge in [-0.15, -0.1) is 0 Å².